The zero-order chi connectivity index (χ0) is 13.2. The van der Waals surface area contributed by atoms with Gasteiger partial charge < -0.3 is 19.7 Å². The van der Waals surface area contributed by atoms with Crippen LogP contribution in [-0.4, -0.2) is 24.7 Å². The van der Waals surface area contributed by atoms with E-state index in [9.17, 15) is 4.79 Å². The highest BCUT2D eigenvalue weighted by Crippen LogP contribution is 2.41. The summed E-state index contributed by atoms with van der Waals surface area (Å²) in [7, 11) is 0. The van der Waals surface area contributed by atoms with Gasteiger partial charge in [0, 0.05) is 12.5 Å². The van der Waals surface area contributed by atoms with Crippen LogP contribution in [0.1, 0.15) is 16.8 Å². The Morgan fingerprint density at radius 3 is 2.68 bits per heavy atom. The number of ether oxygens (including phenoxy) is 2. The highest BCUT2D eigenvalue weighted by Gasteiger charge is 2.21. The first-order chi connectivity index (χ1) is 9.29. The molecule has 1 aromatic carbocycles. The molecule has 0 unspecified atom stereocenters. The summed E-state index contributed by atoms with van der Waals surface area (Å²) >= 11 is 0. The van der Waals surface area contributed by atoms with Crippen molar-refractivity contribution in [3.63, 3.8) is 0 Å². The van der Waals surface area contributed by atoms with Crippen LogP contribution in [-0.2, 0) is 0 Å². The SMILES string of the molecule is Nc1cc(-c2ccc(C=O)c3c2OCCCO3)on1. The van der Waals surface area contributed by atoms with Gasteiger partial charge in [0.05, 0.1) is 24.3 Å². The van der Waals surface area contributed by atoms with E-state index in [1.807, 2.05) is 0 Å². The number of nitrogen functional groups attached to an aromatic ring is 1. The normalized spacial score (nSPS) is 13.9. The van der Waals surface area contributed by atoms with Crippen molar-refractivity contribution < 1.29 is 18.8 Å². The Balaban J connectivity index is 2.18. The summed E-state index contributed by atoms with van der Waals surface area (Å²) < 4.78 is 16.4. The van der Waals surface area contributed by atoms with Gasteiger partial charge in [-0.25, -0.2) is 0 Å². The van der Waals surface area contributed by atoms with Crippen molar-refractivity contribution in [3.05, 3.63) is 23.8 Å². The molecule has 3 rings (SSSR count). The standard InChI is InChI=1S/C13H12N2O4/c14-11-6-10(19-15-11)9-3-2-8(7-16)12-13(9)18-5-1-4-17-12/h2-3,6-7H,1,4-5H2,(H2,14,15). The molecule has 0 saturated heterocycles. The maximum atomic E-state index is 11.1. The molecule has 1 aromatic heterocycles. The van der Waals surface area contributed by atoms with E-state index in [-0.39, 0.29) is 5.82 Å². The van der Waals surface area contributed by atoms with Crippen molar-refractivity contribution in [1.82, 2.24) is 5.16 Å². The van der Waals surface area contributed by atoms with Crippen molar-refractivity contribution in [2.75, 3.05) is 18.9 Å². The number of nitrogens with zero attached hydrogens (tertiary/aromatic N) is 1. The van der Waals surface area contributed by atoms with Gasteiger partial charge >= 0.3 is 0 Å². The lowest BCUT2D eigenvalue weighted by Crippen LogP contribution is -1.98. The van der Waals surface area contributed by atoms with Crippen LogP contribution >= 0.6 is 0 Å². The van der Waals surface area contributed by atoms with E-state index in [0.717, 1.165) is 12.7 Å². The van der Waals surface area contributed by atoms with Crippen molar-refractivity contribution in [1.29, 1.82) is 0 Å². The highest BCUT2D eigenvalue weighted by atomic mass is 16.5. The molecule has 2 N–H and O–H groups in total. The zero-order valence-electron chi connectivity index (χ0n) is 10.1. The quantitative estimate of drug-likeness (QED) is 0.830. The van der Waals surface area contributed by atoms with E-state index >= 15 is 0 Å². The molecule has 0 amide bonds. The molecule has 0 bridgehead atoms. The number of hydrogen-bond acceptors (Lipinski definition) is 6. The van der Waals surface area contributed by atoms with E-state index in [0.29, 0.717) is 41.6 Å². The molecule has 98 valence electrons. The topological polar surface area (TPSA) is 87.6 Å². The van der Waals surface area contributed by atoms with Crippen LogP contribution in [0.25, 0.3) is 11.3 Å². The molecular weight excluding hydrogens is 248 g/mol. The third-order valence-corrected chi connectivity index (χ3v) is 2.84. The monoisotopic (exact) mass is 260 g/mol. The number of hydrogen-bond donors (Lipinski definition) is 1. The first-order valence-corrected chi connectivity index (χ1v) is 5.90. The highest BCUT2D eigenvalue weighted by molar-refractivity contribution is 5.85. The molecule has 0 spiro atoms. The summed E-state index contributed by atoms with van der Waals surface area (Å²) in [6.07, 6.45) is 1.50. The first-order valence-electron chi connectivity index (χ1n) is 5.90. The number of rotatable bonds is 2. The van der Waals surface area contributed by atoms with Gasteiger partial charge in [-0.05, 0) is 12.1 Å². The first kappa shape index (κ1) is 11.6. The Labute approximate surface area is 109 Å². The van der Waals surface area contributed by atoms with E-state index in [4.69, 9.17) is 19.7 Å². The Bertz CT molecular complexity index is 621. The molecule has 19 heavy (non-hydrogen) atoms. The zero-order valence-corrected chi connectivity index (χ0v) is 10.1. The average molecular weight is 260 g/mol. The number of aromatic nitrogens is 1. The number of aldehydes is 1. The molecule has 2 aromatic rings. The van der Waals surface area contributed by atoms with Gasteiger partial charge in [-0.1, -0.05) is 5.16 Å². The maximum absolute atomic E-state index is 11.1. The second kappa shape index (κ2) is 4.64. The fraction of sp³-hybridized carbons (Fsp3) is 0.231. The summed E-state index contributed by atoms with van der Waals surface area (Å²) in [5, 5.41) is 3.64. The molecule has 0 fully saturated rings. The summed E-state index contributed by atoms with van der Waals surface area (Å²) in [5.74, 6) is 1.72. The second-order valence-electron chi connectivity index (χ2n) is 4.14. The minimum Gasteiger partial charge on any atom is -0.489 e. The number of anilines is 1. The number of benzene rings is 1. The number of nitrogens with two attached hydrogens (primary N) is 1. The molecular formula is C13H12N2O4. The molecule has 1 aliphatic heterocycles. The van der Waals surface area contributed by atoms with Crippen LogP contribution in [0.2, 0.25) is 0 Å². The second-order valence-corrected chi connectivity index (χ2v) is 4.14. The Kier molecular flexibility index (Phi) is 2.83. The summed E-state index contributed by atoms with van der Waals surface area (Å²) in [6.45, 7) is 1.03. The van der Waals surface area contributed by atoms with Gasteiger partial charge in [-0.3, -0.25) is 4.79 Å². The lowest BCUT2D eigenvalue weighted by Gasteiger charge is -2.12. The molecule has 0 aliphatic carbocycles. The maximum Gasteiger partial charge on any atom is 0.172 e. The van der Waals surface area contributed by atoms with Crippen molar-refractivity contribution in [3.8, 4) is 22.8 Å². The number of carbonyl (C=O) groups is 1. The van der Waals surface area contributed by atoms with E-state index < -0.39 is 0 Å². The van der Waals surface area contributed by atoms with Crippen LogP contribution in [0.5, 0.6) is 11.5 Å². The van der Waals surface area contributed by atoms with Gasteiger partial charge in [0.1, 0.15) is 0 Å². The van der Waals surface area contributed by atoms with Gasteiger partial charge in [0.2, 0.25) is 0 Å². The number of fused-ring (bicyclic) bond motifs is 1. The largest absolute Gasteiger partial charge is 0.489 e. The average Bonchev–Trinajstić information content (AvgIpc) is 2.71. The van der Waals surface area contributed by atoms with Crippen LogP contribution in [0.4, 0.5) is 5.82 Å². The summed E-state index contributed by atoms with van der Waals surface area (Å²) in [6, 6.07) is 5.00. The summed E-state index contributed by atoms with van der Waals surface area (Å²) in [5.41, 5.74) is 6.67. The minimum absolute atomic E-state index is 0.290. The third kappa shape index (κ3) is 2.01. The van der Waals surface area contributed by atoms with E-state index in [2.05, 4.69) is 5.16 Å². The summed E-state index contributed by atoms with van der Waals surface area (Å²) in [4.78, 5) is 11.1. The van der Waals surface area contributed by atoms with Crippen molar-refractivity contribution in [2.45, 2.75) is 6.42 Å². The Hall–Kier alpha value is -2.50. The number of carbonyl (C=O) groups excluding carboxylic acids is 1. The smallest absolute Gasteiger partial charge is 0.172 e. The molecule has 0 radical (unpaired) electrons. The minimum atomic E-state index is 0.290. The van der Waals surface area contributed by atoms with E-state index in [1.165, 1.54) is 0 Å². The fourth-order valence-electron chi connectivity index (χ4n) is 1.98. The molecule has 0 saturated carbocycles. The van der Waals surface area contributed by atoms with E-state index in [1.54, 1.807) is 18.2 Å². The van der Waals surface area contributed by atoms with Crippen molar-refractivity contribution >= 4 is 12.1 Å². The molecule has 6 nitrogen and oxygen atoms in total. The van der Waals surface area contributed by atoms with Gasteiger partial charge in [0.15, 0.2) is 29.4 Å². The molecule has 1 aliphatic rings. The van der Waals surface area contributed by atoms with Crippen LogP contribution in [0, 0.1) is 0 Å². The van der Waals surface area contributed by atoms with Crippen LogP contribution in [0.15, 0.2) is 22.7 Å². The molecule has 0 atom stereocenters. The predicted octanol–water partition coefficient (Wildman–Crippen LogP) is 1.90. The third-order valence-electron chi connectivity index (χ3n) is 2.84. The molecule has 6 heteroatoms. The van der Waals surface area contributed by atoms with Crippen LogP contribution in [0.3, 0.4) is 0 Å². The predicted molar refractivity (Wildman–Crippen MR) is 67.3 cm³/mol. The van der Waals surface area contributed by atoms with Gasteiger partial charge in [-0.15, -0.1) is 0 Å². The van der Waals surface area contributed by atoms with Gasteiger partial charge in [0.25, 0.3) is 0 Å². The Morgan fingerprint density at radius 2 is 2.00 bits per heavy atom. The van der Waals surface area contributed by atoms with Gasteiger partial charge in [-0.2, -0.15) is 0 Å². The lowest BCUT2D eigenvalue weighted by atomic mass is 10.1. The molecule has 2 heterocycles. The van der Waals surface area contributed by atoms with Crippen LogP contribution < -0.4 is 15.2 Å². The lowest BCUT2D eigenvalue weighted by molar-refractivity contribution is 0.111. The Morgan fingerprint density at radius 1 is 1.21 bits per heavy atom. The fourth-order valence-corrected chi connectivity index (χ4v) is 1.98. The van der Waals surface area contributed by atoms with Crippen molar-refractivity contribution in [2.24, 2.45) is 0 Å².